The average Bonchev–Trinajstić information content (AvgIpc) is 2.38. The van der Waals surface area contributed by atoms with Crippen LogP contribution in [-0.2, 0) is 0 Å². The SMILES string of the molecule is CNC(c1ccc(C)cc1C)c1cc(Br)c(C)cc1Br. The molecule has 106 valence electrons. The molecule has 0 spiro atoms. The Morgan fingerprint density at radius 1 is 0.850 bits per heavy atom. The summed E-state index contributed by atoms with van der Waals surface area (Å²) in [5, 5.41) is 3.43. The fraction of sp³-hybridized carbons (Fsp3) is 0.294. The van der Waals surface area contributed by atoms with Gasteiger partial charge in [-0.25, -0.2) is 0 Å². The first kappa shape index (κ1) is 15.7. The van der Waals surface area contributed by atoms with Gasteiger partial charge in [-0.15, -0.1) is 0 Å². The van der Waals surface area contributed by atoms with Gasteiger partial charge in [-0.1, -0.05) is 55.6 Å². The third-order valence-electron chi connectivity index (χ3n) is 3.61. The molecule has 0 saturated heterocycles. The summed E-state index contributed by atoms with van der Waals surface area (Å²) in [5.41, 5.74) is 6.40. The molecule has 0 aromatic heterocycles. The first-order valence-corrected chi connectivity index (χ1v) is 8.22. The van der Waals surface area contributed by atoms with Crippen LogP contribution in [0.2, 0.25) is 0 Å². The Balaban J connectivity index is 2.55. The van der Waals surface area contributed by atoms with Crippen LogP contribution in [0.4, 0.5) is 0 Å². The maximum atomic E-state index is 3.70. The molecule has 0 radical (unpaired) electrons. The highest BCUT2D eigenvalue weighted by Gasteiger charge is 2.18. The third kappa shape index (κ3) is 3.16. The first-order chi connectivity index (χ1) is 9.43. The number of nitrogens with one attached hydrogen (secondary N) is 1. The van der Waals surface area contributed by atoms with E-state index < -0.39 is 0 Å². The topological polar surface area (TPSA) is 12.0 Å². The van der Waals surface area contributed by atoms with E-state index >= 15 is 0 Å². The molecule has 1 N–H and O–H groups in total. The highest BCUT2D eigenvalue weighted by Crippen LogP contribution is 2.34. The highest BCUT2D eigenvalue weighted by atomic mass is 79.9. The van der Waals surface area contributed by atoms with Gasteiger partial charge in [-0.3, -0.25) is 0 Å². The van der Waals surface area contributed by atoms with Crippen LogP contribution >= 0.6 is 31.9 Å². The second-order valence-corrected chi connectivity index (χ2v) is 6.91. The summed E-state index contributed by atoms with van der Waals surface area (Å²) >= 11 is 7.33. The molecular formula is C17H19Br2N. The van der Waals surface area contributed by atoms with Crippen molar-refractivity contribution in [2.24, 2.45) is 0 Å². The van der Waals surface area contributed by atoms with Gasteiger partial charge in [0.1, 0.15) is 0 Å². The fourth-order valence-corrected chi connectivity index (χ4v) is 3.56. The molecule has 0 aliphatic rings. The zero-order valence-electron chi connectivity index (χ0n) is 12.2. The van der Waals surface area contributed by atoms with Crippen LogP contribution in [0, 0.1) is 20.8 Å². The average molecular weight is 397 g/mol. The van der Waals surface area contributed by atoms with E-state index in [-0.39, 0.29) is 6.04 Å². The van der Waals surface area contributed by atoms with Crippen molar-refractivity contribution < 1.29 is 0 Å². The molecule has 3 heteroatoms. The number of halogens is 2. The van der Waals surface area contributed by atoms with Gasteiger partial charge in [0, 0.05) is 8.95 Å². The lowest BCUT2D eigenvalue weighted by molar-refractivity contribution is 0.684. The van der Waals surface area contributed by atoms with Crippen molar-refractivity contribution in [2.45, 2.75) is 26.8 Å². The van der Waals surface area contributed by atoms with Gasteiger partial charge in [0.05, 0.1) is 6.04 Å². The highest BCUT2D eigenvalue weighted by molar-refractivity contribution is 9.11. The summed E-state index contributed by atoms with van der Waals surface area (Å²) in [6.45, 7) is 6.40. The minimum Gasteiger partial charge on any atom is -0.309 e. The zero-order valence-corrected chi connectivity index (χ0v) is 15.4. The zero-order chi connectivity index (χ0) is 14.9. The molecule has 0 heterocycles. The Hall–Kier alpha value is -0.640. The molecule has 1 unspecified atom stereocenters. The lowest BCUT2D eigenvalue weighted by Crippen LogP contribution is -2.19. The van der Waals surface area contributed by atoms with Crippen molar-refractivity contribution in [1.82, 2.24) is 5.32 Å². The summed E-state index contributed by atoms with van der Waals surface area (Å²) in [4.78, 5) is 0. The van der Waals surface area contributed by atoms with E-state index in [0.29, 0.717) is 0 Å². The Morgan fingerprint density at radius 3 is 2.15 bits per heavy atom. The van der Waals surface area contributed by atoms with Crippen LogP contribution in [-0.4, -0.2) is 7.05 Å². The summed E-state index contributed by atoms with van der Waals surface area (Å²) in [5.74, 6) is 0. The predicted octanol–water partition coefficient (Wildman–Crippen LogP) is 5.45. The molecular weight excluding hydrogens is 378 g/mol. The predicted molar refractivity (Wildman–Crippen MR) is 93.4 cm³/mol. The number of benzene rings is 2. The molecule has 2 rings (SSSR count). The minimum absolute atomic E-state index is 0.182. The maximum Gasteiger partial charge on any atom is 0.0588 e. The van der Waals surface area contributed by atoms with Crippen molar-refractivity contribution in [2.75, 3.05) is 7.05 Å². The summed E-state index contributed by atoms with van der Waals surface area (Å²) in [6, 6.07) is 11.2. The molecule has 0 saturated carbocycles. The van der Waals surface area contributed by atoms with Gasteiger partial charge < -0.3 is 5.32 Å². The lowest BCUT2D eigenvalue weighted by Gasteiger charge is -2.22. The van der Waals surface area contributed by atoms with Gasteiger partial charge in [0.2, 0.25) is 0 Å². The van der Waals surface area contributed by atoms with Gasteiger partial charge in [-0.05, 0) is 62.2 Å². The van der Waals surface area contributed by atoms with E-state index in [1.165, 1.54) is 27.8 Å². The smallest absolute Gasteiger partial charge is 0.0588 e. The van der Waals surface area contributed by atoms with Crippen LogP contribution in [0.3, 0.4) is 0 Å². The molecule has 0 amide bonds. The second-order valence-electron chi connectivity index (χ2n) is 5.20. The molecule has 1 nitrogen and oxygen atoms in total. The summed E-state index contributed by atoms with van der Waals surface area (Å²) in [7, 11) is 2.00. The van der Waals surface area contributed by atoms with Gasteiger partial charge in [0.15, 0.2) is 0 Å². The lowest BCUT2D eigenvalue weighted by atomic mass is 9.93. The van der Waals surface area contributed by atoms with Crippen LogP contribution in [0.5, 0.6) is 0 Å². The van der Waals surface area contributed by atoms with Gasteiger partial charge in [-0.2, -0.15) is 0 Å². The van der Waals surface area contributed by atoms with Crippen molar-refractivity contribution >= 4 is 31.9 Å². The van der Waals surface area contributed by atoms with Crippen molar-refractivity contribution in [3.8, 4) is 0 Å². The fourth-order valence-electron chi connectivity index (χ4n) is 2.51. The molecule has 0 bridgehead atoms. The summed E-state index contributed by atoms with van der Waals surface area (Å²) < 4.78 is 2.28. The number of rotatable bonds is 3. The second kappa shape index (κ2) is 6.42. The molecule has 0 fully saturated rings. The van der Waals surface area contributed by atoms with Crippen LogP contribution < -0.4 is 5.32 Å². The van der Waals surface area contributed by atoms with Crippen LogP contribution in [0.15, 0.2) is 39.3 Å². The van der Waals surface area contributed by atoms with E-state index in [0.717, 1.165) is 8.95 Å². The van der Waals surface area contributed by atoms with E-state index in [9.17, 15) is 0 Å². The van der Waals surface area contributed by atoms with Crippen molar-refractivity contribution in [1.29, 1.82) is 0 Å². The Bertz CT molecular complexity index is 635. The monoisotopic (exact) mass is 395 g/mol. The molecule has 0 aliphatic heterocycles. The molecule has 2 aromatic carbocycles. The summed E-state index contributed by atoms with van der Waals surface area (Å²) in [6.07, 6.45) is 0. The van der Waals surface area contributed by atoms with Crippen molar-refractivity contribution in [3.63, 3.8) is 0 Å². The van der Waals surface area contributed by atoms with E-state index in [1.54, 1.807) is 0 Å². The minimum atomic E-state index is 0.182. The Morgan fingerprint density at radius 2 is 1.55 bits per heavy atom. The maximum absolute atomic E-state index is 3.70. The first-order valence-electron chi connectivity index (χ1n) is 6.64. The molecule has 2 aromatic rings. The van der Waals surface area contributed by atoms with Gasteiger partial charge in [0.25, 0.3) is 0 Å². The van der Waals surface area contributed by atoms with E-state index in [1.807, 2.05) is 7.05 Å². The normalized spacial score (nSPS) is 12.5. The quantitative estimate of drug-likeness (QED) is 0.727. The molecule has 0 aliphatic carbocycles. The Kier molecular flexibility index (Phi) is 5.05. The largest absolute Gasteiger partial charge is 0.309 e. The number of aryl methyl sites for hydroxylation is 3. The van der Waals surface area contributed by atoms with Crippen LogP contribution in [0.25, 0.3) is 0 Å². The number of hydrogen-bond donors (Lipinski definition) is 1. The van der Waals surface area contributed by atoms with Crippen molar-refractivity contribution in [3.05, 3.63) is 67.1 Å². The standard InChI is InChI=1S/C17H19Br2N/c1-10-5-6-13(11(2)7-10)17(20-4)14-9-15(18)12(3)8-16(14)19/h5-9,17,20H,1-4H3. The molecule has 1 atom stereocenters. The number of hydrogen-bond acceptors (Lipinski definition) is 1. The van der Waals surface area contributed by atoms with Crippen LogP contribution in [0.1, 0.15) is 33.9 Å². The van der Waals surface area contributed by atoms with Gasteiger partial charge >= 0.3 is 0 Å². The van der Waals surface area contributed by atoms with E-state index in [2.05, 4.69) is 88.3 Å². The third-order valence-corrected chi connectivity index (χ3v) is 5.16. The molecule has 20 heavy (non-hydrogen) atoms. The Labute approximate surface area is 138 Å². The van der Waals surface area contributed by atoms with E-state index in [4.69, 9.17) is 0 Å².